The van der Waals surface area contributed by atoms with Gasteiger partial charge in [-0.15, -0.1) is 0 Å². The maximum atomic E-state index is 5.20. The van der Waals surface area contributed by atoms with E-state index in [-0.39, 0.29) is 0 Å². The molecule has 1 aromatic heterocycles. The molecule has 0 amide bonds. The minimum absolute atomic E-state index is 0.472. The van der Waals surface area contributed by atoms with Gasteiger partial charge in [-0.25, -0.2) is 4.98 Å². The van der Waals surface area contributed by atoms with Crippen LogP contribution in [-0.4, -0.2) is 16.7 Å². The third-order valence-corrected chi connectivity index (χ3v) is 5.30. The van der Waals surface area contributed by atoms with Gasteiger partial charge < -0.3 is 0 Å². The summed E-state index contributed by atoms with van der Waals surface area (Å²) in [6.45, 7) is 0. The Morgan fingerprint density at radius 1 is 0.792 bits per heavy atom. The summed E-state index contributed by atoms with van der Waals surface area (Å²) >= 11 is 0. The summed E-state index contributed by atoms with van der Waals surface area (Å²) < 4.78 is 0. The van der Waals surface area contributed by atoms with Gasteiger partial charge in [0, 0.05) is 22.1 Å². The van der Waals surface area contributed by atoms with E-state index in [2.05, 4.69) is 54.6 Å². The second-order valence-corrected chi connectivity index (χ2v) is 6.89. The molecule has 1 saturated carbocycles. The van der Waals surface area contributed by atoms with E-state index in [9.17, 15) is 0 Å². The van der Waals surface area contributed by atoms with Crippen molar-refractivity contribution in [2.24, 2.45) is 4.99 Å². The molecule has 24 heavy (non-hydrogen) atoms. The molecule has 2 heteroatoms. The smallest absolute Gasteiger partial charge is 0.0810 e. The van der Waals surface area contributed by atoms with Crippen LogP contribution in [0.3, 0.4) is 0 Å². The van der Waals surface area contributed by atoms with Gasteiger partial charge in [-0.1, -0.05) is 61.7 Å². The van der Waals surface area contributed by atoms with Crippen molar-refractivity contribution >= 4 is 16.6 Å². The van der Waals surface area contributed by atoms with Crippen LogP contribution in [0.4, 0.5) is 0 Å². The second-order valence-electron chi connectivity index (χ2n) is 6.89. The molecule has 0 saturated heterocycles. The van der Waals surface area contributed by atoms with Gasteiger partial charge in [-0.2, -0.15) is 0 Å². The quantitative estimate of drug-likeness (QED) is 0.463. The number of para-hydroxylation sites is 1. The average molecular weight is 312 g/mol. The molecule has 3 aromatic rings. The van der Waals surface area contributed by atoms with Crippen molar-refractivity contribution in [3.63, 3.8) is 0 Å². The highest BCUT2D eigenvalue weighted by atomic mass is 14.8. The Hall–Kier alpha value is -2.48. The van der Waals surface area contributed by atoms with Crippen LogP contribution < -0.4 is 0 Å². The lowest BCUT2D eigenvalue weighted by Crippen LogP contribution is -2.13. The lowest BCUT2D eigenvalue weighted by molar-refractivity contribution is 0.444. The zero-order chi connectivity index (χ0) is 15.9. The molecule has 2 aliphatic carbocycles. The van der Waals surface area contributed by atoms with Crippen molar-refractivity contribution in [1.29, 1.82) is 0 Å². The molecule has 0 atom stereocenters. The fraction of sp³-hybridized carbons (Fsp3) is 0.273. The van der Waals surface area contributed by atoms with Gasteiger partial charge in [0.25, 0.3) is 0 Å². The van der Waals surface area contributed by atoms with E-state index in [0.29, 0.717) is 6.04 Å². The van der Waals surface area contributed by atoms with Crippen LogP contribution in [0.1, 0.15) is 43.2 Å². The number of aromatic nitrogens is 1. The van der Waals surface area contributed by atoms with E-state index >= 15 is 0 Å². The number of hydrogen-bond donors (Lipinski definition) is 0. The van der Waals surface area contributed by atoms with E-state index in [0.717, 1.165) is 16.9 Å². The molecule has 2 aliphatic rings. The Balaban J connectivity index is 1.73. The summed E-state index contributed by atoms with van der Waals surface area (Å²) in [5, 5.41) is 1.19. The van der Waals surface area contributed by atoms with E-state index in [1.54, 1.807) is 0 Å². The lowest BCUT2D eigenvalue weighted by Gasteiger charge is -2.18. The van der Waals surface area contributed by atoms with Crippen molar-refractivity contribution in [2.45, 2.75) is 38.1 Å². The molecule has 118 valence electrons. The minimum Gasteiger partial charge on any atom is -0.281 e. The number of rotatable bonds is 1. The summed E-state index contributed by atoms with van der Waals surface area (Å²) in [4.78, 5) is 10.2. The van der Waals surface area contributed by atoms with Gasteiger partial charge in [0.15, 0.2) is 0 Å². The molecule has 2 nitrogen and oxygen atoms in total. The zero-order valence-corrected chi connectivity index (χ0v) is 13.7. The average Bonchev–Trinajstić information content (AvgIpc) is 2.94. The molecular formula is C22H20N2. The first-order chi connectivity index (χ1) is 11.9. The van der Waals surface area contributed by atoms with Crippen molar-refractivity contribution in [3.05, 3.63) is 65.7 Å². The number of aliphatic imine (C=N–C) groups is 1. The van der Waals surface area contributed by atoms with Crippen LogP contribution in [0.2, 0.25) is 0 Å². The van der Waals surface area contributed by atoms with Gasteiger partial charge >= 0.3 is 0 Å². The summed E-state index contributed by atoms with van der Waals surface area (Å²) in [7, 11) is 0. The molecule has 5 rings (SSSR count). The topological polar surface area (TPSA) is 25.2 Å². The normalized spacial score (nSPS) is 18.8. The summed E-state index contributed by atoms with van der Waals surface area (Å²) in [6.07, 6.45) is 6.43. The van der Waals surface area contributed by atoms with E-state index in [4.69, 9.17) is 9.98 Å². The zero-order valence-electron chi connectivity index (χ0n) is 13.7. The van der Waals surface area contributed by atoms with Crippen molar-refractivity contribution < 1.29 is 0 Å². The molecule has 2 aromatic carbocycles. The molecule has 0 aliphatic heterocycles. The maximum Gasteiger partial charge on any atom is 0.0810 e. The maximum absolute atomic E-state index is 5.20. The van der Waals surface area contributed by atoms with Crippen LogP contribution in [0.15, 0.2) is 59.6 Å². The summed E-state index contributed by atoms with van der Waals surface area (Å²) in [6, 6.07) is 19.7. The SMILES string of the molecule is c1ccc2c(c1)C(=NC1CCCCC1)c1cc3ccccc3nc1-2. The number of fused-ring (bicyclic) bond motifs is 4. The Bertz CT molecular complexity index is 949. The van der Waals surface area contributed by atoms with Crippen LogP contribution >= 0.6 is 0 Å². The Kier molecular flexibility index (Phi) is 3.22. The minimum atomic E-state index is 0.472. The van der Waals surface area contributed by atoms with Crippen molar-refractivity contribution in [3.8, 4) is 11.3 Å². The fourth-order valence-electron chi connectivity index (χ4n) is 4.07. The lowest BCUT2D eigenvalue weighted by atomic mass is 9.95. The Labute approximate surface area is 142 Å². The first-order valence-electron chi connectivity index (χ1n) is 8.98. The highest BCUT2D eigenvalue weighted by Crippen LogP contribution is 2.38. The van der Waals surface area contributed by atoms with Gasteiger partial charge in [-0.05, 0) is 25.0 Å². The standard InChI is InChI=1S/C22H20N2/c1-2-9-16(10-3-1)23-21-17-11-5-6-12-18(17)22-19(21)14-15-8-4-7-13-20(15)24-22/h4-8,11-14,16H,1-3,9-10H2. The highest BCUT2D eigenvalue weighted by molar-refractivity contribution is 6.24. The largest absolute Gasteiger partial charge is 0.281 e. The van der Waals surface area contributed by atoms with E-state index in [1.807, 2.05) is 0 Å². The van der Waals surface area contributed by atoms with E-state index < -0.39 is 0 Å². The van der Waals surface area contributed by atoms with Crippen LogP contribution in [0, 0.1) is 0 Å². The number of hydrogen-bond acceptors (Lipinski definition) is 2. The number of nitrogens with zero attached hydrogens (tertiary/aromatic N) is 2. The van der Waals surface area contributed by atoms with Crippen molar-refractivity contribution in [2.75, 3.05) is 0 Å². The predicted molar refractivity (Wildman–Crippen MR) is 99.7 cm³/mol. The third kappa shape index (κ3) is 2.17. The van der Waals surface area contributed by atoms with Gasteiger partial charge in [0.2, 0.25) is 0 Å². The first kappa shape index (κ1) is 13.9. The molecule has 0 spiro atoms. The predicted octanol–water partition coefficient (Wildman–Crippen LogP) is 5.39. The molecule has 0 N–H and O–H groups in total. The molecule has 1 fully saturated rings. The Morgan fingerprint density at radius 3 is 2.42 bits per heavy atom. The van der Waals surface area contributed by atoms with Gasteiger partial charge in [-0.3, -0.25) is 4.99 Å². The number of benzene rings is 2. The Morgan fingerprint density at radius 2 is 1.54 bits per heavy atom. The van der Waals surface area contributed by atoms with Crippen LogP contribution in [0.5, 0.6) is 0 Å². The number of pyridine rings is 1. The molecular weight excluding hydrogens is 292 g/mol. The molecule has 0 unspecified atom stereocenters. The molecule has 0 radical (unpaired) electrons. The third-order valence-electron chi connectivity index (χ3n) is 5.30. The van der Waals surface area contributed by atoms with Crippen LogP contribution in [-0.2, 0) is 0 Å². The summed E-state index contributed by atoms with van der Waals surface area (Å²) in [5.74, 6) is 0. The molecule has 0 bridgehead atoms. The van der Waals surface area contributed by atoms with Gasteiger partial charge in [0.05, 0.1) is 23.0 Å². The monoisotopic (exact) mass is 312 g/mol. The fourth-order valence-corrected chi connectivity index (χ4v) is 4.07. The second kappa shape index (κ2) is 5.55. The van der Waals surface area contributed by atoms with Crippen LogP contribution in [0.25, 0.3) is 22.2 Å². The van der Waals surface area contributed by atoms with Gasteiger partial charge in [0.1, 0.15) is 0 Å². The summed E-state index contributed by atoms with van der Waals surface area (Å²) in [5.41, 5.74) is 7.00. The first-order valence-corrected chi connectivity index (χ1v) is 8.98. The van der Waals surface area contributed by atoms with E-state index in [1.165, 1.54) is 54.2 Å². The highest BCUT2D eigenvalue weighted by Gasteiger charge is 2.27. The van der Waals surface area contributed by atoms with Crippen molar-refractivity contribution in [1.82, 2.24) is 4.98 Å². The molecule has 1 heterocycles.